The normalized spacial score (nSPS) is 9.88. The molecule has 0 unspecified atom stereocenters. The Balaban J connectivity index is 2.45. The van der Waals surface area contributed by atoms with Gasteiger partial charge in [-0.3, -0.25) is 4.79 Å². The Morgan fingerprint density at radius 2 is 2.31 bits per heavy atom. The maximum Gasteiger partial charge on any atom is 0.224 e. The number of aromatic nitrogens is 1. The van der Waals surface area contributed by atoms with Gasteiger partial charge in [-0.1, -0.05) is 0 Å². The van der Waals surface area contributed by atoms with E-state index in [0.29, 0.717) is 25.1 Å². The predicted octanol–water partition coefficient (Wildman–Crippen LogP) is 1.19. The lowest BCUT2D eigenvalue weighted by atomic mass is 10.3. The molecule has 16 heavy (non-hydrogen) atoms. The second-order valence-electron chi connectivity index (χ2n) is 3.40. The van der Waals surface area contributed by atoms with Crippen molar-refractivity contribution in [3.63, 3.8) is 0 Å². The molecule has 5 heteroatoms. The van der Waals surface area contributed by atoms with Gasteiger partial charge in [-0.2, -0.15) is 0 Å². The van der Waals surface area contributed by atoms with Crippen molar-refractivity contribution in [2.75, 3.05) is 23.7 Å². The molecule has 0 aliphatic rings. The molecule has 0 atom stereocenters. The zero-order valence-corrected chi connectivity index (χ0v) is 9.49. The van der Waals surface area contributed by atoms with E-state index in [-0.39, 0.29) is 5.91 Å². The highest BCUT2D eigenvalue weighted by Gasteiger charge is 2.01. The summed E-state index contributed by atoms with van der Waals surface area (Å²) in [7, 11) is 0. The monoisotopic (exact) mass is 222 g/mol. The summed E-state index contributed by atoms with van der Waals surface area (Å²) >= 11 is 0. The second kappa shape index (κ2) is 6.79. The third kappa shape index (κ3) is 4.27. The minimum Gasteiger partial charge on any atom is -0.370 e. The highest BCUT2D eigenvalue weighted by atomic mass is 16.1. The van der Waals surface area contributed by atoms with Gasteiger partial charge in [0.05, 0.1) is 11.9 Å². The van der Waals surface area contributed by atoms with Gasteiger partial charge in [-0.15, -0.1) is 0 Å². The Hall–Kier alpha value is -1.62. The average Bonchev–Trinajstić information content (AvgIpc) is 2.29. The maximum atomic E-state index is 11.4. The molecule has 0 radical (unpaired) electrons. The highest BCUT2D eigenvalue weighted by Crippen LogP contribution is 2.09. The zero-order chi connectivity index (χ0) is 11.8. The molecule has 0 aliphatic heterocycles. The smallest absolute Gasteiger partial charge is 0.224 e. The average molecular weight is 222 g/mol. The van der Waals surface area contributed by atoms with E-state index < -0.39 is 0 Å². The summed E-state index contributed by atoms with van der Waals surface area (Å²) < 4.78 is 0. The van der Waals surface area contributed by atoms with Crippen LogP contribution in [0.3, 0.4) is 0 Å². The molecule has 0 fully saturated rings. The van der Waals surface area contributed by atoms with E-state index >= 15 is 0 Å². The first-order valence-electron chi connectivity index (χ1n) is 5.46. The van der Waals surface area contributed by atoms with Crippen molar-refractivity contribution in [1.82, 2.24) is 4.98 Å². The van der Waals surface area contributed by atoms with Gasteiger partial charge in [0, 0.05) is 13.0 Å². The van der Waals surface area contributed by atoms with Gasteiger partial charge in [-0.05, 0) is 32.0 Å². The number of nitrogens with zero attached hydrogens (tertiary/aromatic N) is 1. The number of carbonyl (C=O) groups excluding carboxylic acids is 1. The quantitative estimate of drug-likeness (QED) is 0.675. The fourth-order valence-corrected chi connectivity index (χ4v) is 1.24. The topological polar surface area (TPSA) is 80.0 Å². The van der Waals surface area contributed by atoms with Crippen molar-refractivity contribution in [3.05, 3.63) is 18.3 Å². The second-order valence-corrected chi connectivity index (χ2v) is 3.40. The molecule has 1 aromatic rings. The van der Waals surface area contributed by atoms with Gasteiger partial charge in [-0.25, -0.2) is 4.98 Å². The fraction of sp³-hybridized carbons (Fsp3) is 0.455. The molecule has 88 valence electrons. The molecule has 4 N–H and O–H groups in total. The number of hydrogen-bond acceptors (Lipinski definition) is 4. The van der Waals surface area contributed by atoms with Crippen molar-refractivity contribution >= 4 is 17.4 Å². The van der Waals surface area contributed by atoms with Gasteiger partial charge in [0.15, 0.2) is 0 Å². The van der Waals surface area contributed by atoms with Crippen molar-refractivity contribution in [2.24, 2.45) is 5.73 Å². The minimum atomic E-state index is -0.0246. The molecule has 0 saturated carbocycles. The van der Waals surface area contributed by atoms with Crippen LogP contribution < -0.4 is 16.4 Å². The number of carbonyl (C=O) groups is 1. The van der Waals surface area contributed by atoms with Gasteiger partial charge < -0.3 is 16.4 Å². The standard InChI is InChI=1S/C11H18N4O/c1-2-13-10-6-5-9(8-14-10)15-11(16)4-3-7-12/h5-6,8H,2-4,7,12H2,1H3,(H,13,14)(H,15,16). The lowest BCUT2D eigenvalue weighted by molar-refractivity contribution is -0.116. The first-order valence-corrected chi connectivity index (χ1v) is 5.46. The van der Waals surface area contributed by atoms with E-state index in [1.165, 1.54) is 0 Å². The first-order chi connectivity index (χ1) is 7.76. The Morgan fingerprint density at radius 3 is 2.88 bits per heavy atom. The van der Waals surface area contributed by atoms with Crippen molar-refractivity contribution < 1.29 is 4.79 Å². The largest absolute Gasteiger partial charge is 0.370 e. The fourth-order valence-electron chi connectivity index (χ4n) is 1.24. The summed E-state index contributed by atoms with van der Waals surface area (Å²) in [5, 5.41) is 5.84. The van der Waals surface area contributed by atoms with Crippen LogP contribution in [0.15, 0.2) is 18.3 Å². The van der Waals surface area contributed by atoms with E-state index in [1.807, 2.05) is 19.1 Å². The van der Waals surface area contributed by atoms with E-state index in [1.54, 1.807) is 6.20 Å². The van der Waals surface area contributed by atoms with E-state index in [0.717, 1.165) is 12.4 Å². The van der Waals surface area contributed by atoms with Crippen LogP contribution in [0.1, 0.15) is 19.8 Å². The van der Waals surface area contributed by atoms with Gasteiger partial charge in [0.1, 0.15) is 5.82 Å². The summed E-state index contributed by atoms with van der Waals surface area (Å²) in [5.41, 5.74) is 6.03. The van der Waals surface area contributed by atoms with Crippen molar-refractivity contribution in [1.29, 1.82) is 0 Å². The van der Waals surface area contributed by atoms with E-state index in [4.69, 9.17) is 5.73 Å². The summed E-state index contributed by atoms with van der Waals surface area (Å²) in [6.45, 7) is 3.37. The molecular weight excluding hydrogens is 204 g/mol. The first kappa shape index (κ1) is 12.4. The summed E-state index contributed by atoms with van der Waals surface area (Å²) in [4.78, 5) is 15.5. The van der Waals surface area contributed by atoms with Crippen LogP contribution in [0, 0.1) is 0 Å². The van der Waals surface area contributed by atoms with Gasteiger partial charge >= 0.3 is 0 Å². The van der Waals surface area contributed by atoms with Crippen molar-refractivity contribution in [3.8, 4) is 0 Å². The summed E-state index contributed by atoms with van der Waals surface area (Å²) in [5.74, 6) is 0.783. The van der Waals surface area contributed by atoms with Crippen LogP contribution in [0.5, 0.6) is 0 Å². The van der Waals surface area contributed by atoms with Crippen LogP contribution in [-0.2, 0) is 4.79 Å². The molecule has 1 rings (SSSR count). The Morgan fingerprint density at radius 1 is 1.50 bits per heavy atom. The van der Waals surface area contributed by atoms with Crippen LogP contribution >= 0.6 is 0 Å². The predicted molar refractivity (Wildman–Crippen MR) is 65.3 cm³/mol. The third-order valence-corrected chi connectivity index (χ3v) is 2.01. The number of pyridine rings is 1. The molecule has 1 aromatic heterocycles. The van der Waals surface area contributed by atoms with Crippen LogP contribution in [0.25, 0.3) is 0 Å². The minimum absolute atomic E-state index is 0.0246. The molecule has 0 aliphatic carbocycles. The van der Waals surface area contributed by atoms with Crippen molar-refractivity contribution in [2.45, 2.75) is 19.8 Å². The number of nitrogens with two attached hydrogens (primary N) is 1. The molecule has 1 amide bonds. The molecule has 0 bridgehead atoms. The molecule has 0 saturated heterocycles. The molecule has 0 aromatic carbocycles. The van der Waals surface area contributed by atoms with E-state index in [9.17, 15) is 4.79 Å². The number of hydrogen-bond donors (Lipinski definition) is 3. The highest BCUT2D eigenvalue weighted by molar-refractivity contribution is 5.90. The SMILES string of the molecule is CCNc1ccc(NC(=O)CCCN)cn1. The van der Waals surface area contributed by atoms with Gasteiger partial charge in [0.25, 0.3) is 0 Å². The molecule has 1 heterocycles. The number of anilines is 2. The van der Waals surface area contributed by atoms with Crippen LogP contribution in [0.2, 0.25) is 0 Å². The zero-order valence-electron chi connectivity index (χ0n) is 9.49. The molecular formula is C11H18N4O. The number of nitrogens with one attached hydrogen (secondary N) is 2. The number of rotatable bonds is 6. The lowest BCUT2D eigenvalue weighted by Crippen LogP contribution is -2.13. The maximum absolute atomic E-state index is 11.4. The van der Waals surface area contributed by atoms with Crippen LogP contribution in [-0.4, -0.2) is 24.0 Å². The molecule has 5 nitrogen and oxygen atoms in total. The van der Waals surface area contributed by atoms with E-state index in [2.05, 4.69) is 15.6 Å². The molecule has 0 spiro atoms. The lowest BCUT2D eigenvalue weighted by Gasteiger charge is -2.06. The Bertz CT molecular complexity index is 323. The Kier molecular flexibility index (Phi) is 5.28. The third-order valence-electron chi connectivity index (χ3n) is 2.01. The Labute approximate surface area is 95.4 Å². The number of amides is 1. The summed E-state index contributed by atoms with van der Waals surface area (Å²) in [6, 6.07) is 3.66. The van der Waals surface area contributed by atoms with Gasteiger partial charge in [0.2, 0.25) is 5.91 Å². The summed E-state index contributed by atoms with van der Waals surface area (Å²) in [6.07, 6.45) is 2.79. The van der Waals surface area contributed by atoms with Crippen LogP contribution in [0.4, 0.5) is 11.5 Å².